The lowest BCUT2D eigenvalue weighted by molar-refractivity contribution is 0.0955. The maximum atomic E-state index is 12.8. The summed E-state index contributed by atoms with van der Waals surface area (Å²) in [5, 5.41) is 3.08. The van der Waals surface area contributed by atoms with Gasteiger partial charge in [-0.05, 0) is 42.3 Å². The highest BCUT2D eigenvalue weighted by Crippen LogP contribution is 2.27. The monoisotopic (exact) mass is 448 g/mol. The Morgan fingerprint density at radius 3 is 2.34 bits per heavy atom. The molecule has 0 saturated heterocycles. The summed E-state index contributed by atoms with van der Waals surface area (Å²) in [5.41, 5.74) is 1.46. The van der Waals surface area contributed by atoms with Crippen molar-refractivity contribution in [3.05, 3.63) is 94.0 Å². The van der Waals surface area contributed by atoms with E-state index in [0.717, 1.165) is 5.56 Å². The van der Waals surface area contributed by atoms with Gasteiger partial charge in [-0.1, -0.05) is 65.7 Å². The van der Waals surface area contributed by atoms with Crippen LogP contribution in [-0.4, -0.2) is 20.9 Å². The first-order valence-corrected chi connectivity index (χ1v) is 11.0. The number of para-hydroxylation sites is 1. The van der Waals surface area contributed by atoms with E-state index in [1.807, 2.05) is 30.3 Å². The molecular formula is C21H18Cl2N2O3S. The van der Waals surface area contributed by atoms with Crippen LogP contribution in [0, 0.1) is 0 Å². The van der Waals surface area contributed by atoms with Crippen LogP contribution in [0.2, 0.25) is 10.0 Å². The minimum Gasteiger partial charge on any atom is -0.352 e. The van der Waals surface area contributed by atoms with Gasteiger partial charge in [0.25, 0.3) is 15.9 Å². The molecule has 3 rings (SSSR count). The standard InChI is InChI=1S/C21H18Cl2N2O3S/c22-16-10-11-18(23)20(14-16)29(27,28)25-19-9-5-4-8-17(19)21(26)24-13-12-15-6-2-1-3-7-15/h1-11,14,25H,12-13H2,(H,24,26). The first-order valence-electron chi connectivity index (χ1n) is 8.76. The molecule has 1 amide bonds. The van der Waals surface area contributed by atoms with Crippen LogP contribution < -0.4 is 10.0 Å². The topological polar surface area (TPSA) is 75.3 Å². The molecule has 0 aliphatic heterocycles. The first-order chi connectivity index (χ1) is 13.9. The maximum Gasteiger partial charge on any atom is 0.263 e. The largest absolute Gasteiger partial charge is 0.352 e. The summed E-state index contributed by atoms with van der Waals surface area (Å²) >= 11 is 11.9. The predicted molar refractivity (Wildman–Crippen MR) is 116 cm³/mol. The Morgan fingerprint density at radius 1 is 0.897 bits per heavy atom. The fourth-order valence-electron chi connectivity index (χ4n) is 2.71. The minimum atomic E-state index is -4.03. The van der Waals surface area contributed by atoms with E-state index in [1.165, 1.54) is 24.3 Å². The Hall–Kier alpha value is -2.54. The van der Waals surface area contributed by atoms with E-state index in [-0.39, 0.29) is 32.1 Å². The van der Waals surface area contributed by atoms with Gasteiger partial charge >= 0.3 is 0 Å². The number of hydrogen-bond donors (Lipinski definition) is 2. The zero-order chi connectivity index (χ0) is 20.9. The summed E-state index contributed by atoms with van der Waals surface area (Å²) in [5.74, 6) is -0.378. The van der Waals surface area contributed by atoms with Crippen molar-refractivity contribution in [2.24, 2.45) is 0 Å². The van der Waals surface area contributed by atoms with Gasteiger partial charge in [0, 0.05) is 11.6 Å². The molecule has 150 valence electrons. The summed E-state index contributed by atoms with van der Waals surface area (Å²) in [4.78, 5) is 12.4. The lowest BCUT2D eigenvalue weighted by atomic mass is 10.1. The fraction of sp³-hybridized carbons (Fsp3) is 0.0952. The molecular weight excluding hydrogens is 431 g/mol. The molecule has 0 aromatic heterocycles. The van der Waals surface area contributed by atoms with E-state index in [0.29, 0.717) is 13.0 Å². The van der Waals surface area contributed by atoms with Crippen molar-refractivity contribution in [1.29, 1.82) is 0 Å². The van der Waals surface area contributed by atoms with E-state index in [1.54, 1.807) is 18.2 Å². The Kier molecular flexibility index (Phi) is 6.79. The Balaban J connectivity index is 1.76. The van der Waals surface area contributed by atoms with Gasteiger partial charge in [0.05, 0.1) is 16.3 Å². The summed E-state index contributed by atoms with van der Waals surface area (Å²) in [6.45, 7) is 0.421. The summed E-state index contributed by atoms with van der Waals surface area (Å²) in [6.07, 6.45) is 0.665. The predicted octanol–water partition coefficient (Wildman–Crippen LogP) is 4.77. The lowest BCUT2D eigenvalue weighted by Gasteiger charge is -2.14. The highest BCUT2D eigenvalue weighted by atomic mass is 35.5. The van der Waals surface area contributed by atoms with Crippen LogP contribution in [-0.2, 0) is 16.4 Å². The molecule has 29 heavy (non-hydrogen) atoms. The number of anilines is 1. The Labute approximate surface area is 179 Å². The third kappa shape index (κ3) is 5.50. The molecule has 3 aromatic carbocycles. The quantitative estimate of drug-likeness (QED) is 0.546. The molecule has 8 heteroatoms. The molecule has 5 nitrogen and oxygen atoms in total. The van der Waals surface area contributed by atoms with Crippen LogP contribution in [0.15, 0.2) is 77.7 Å². The number of carbonyl (C=O) groups excluding carboxylic acids is 1. The van der Waals surface area contributed by atoms with Crippen molar-refractivity contribution >= 4 is 44.8 Å². The summed E-state index contributed by atoms with van der Waals surface area (Å²) in [6, 6.07) is 20.3. The van der Waals surface area contributed by atoms with E-state index in [9.17, 15) is 13.2 Å². The molecule has 0 saturated carbocycles. The average molecular weight is 449 g/mol. The third-order valence-electron chi connectivity index (χ3n) is 4.14. The van der Waals surface area contributed by atoms with Crippen molar-refractivity contribution in [2.45, 2.75) is 11.3 Å². The number of sulfonamides is 1. The van der Waals surface area contributed by atoms with Crippen LogP contribution in [0.25, 0.3) is 0 Å². The third-order valence-corrected chi connectivity index (χ3v) is 6.22. The second kappa shape index (κ2) is 9.31. The van der Waals surface area contributed by atoms with E-state index in [2.05, 4.69) is 10.0 Å². The van der Waals surface area contributed by atoms with E-state index >= 15 is 0 Å². The molecule has 0 bridgehead atoms. The number of benzene rings is 3. The van der Waals surface area contributed by atoms with E-state index < -0.39 is 10.0 Å². The number of amides is 1. The molecule has 0 spiro atoms. The van der Waals surface area contributed by atoms with Gasteiger partial charge in [0.15, 0.2) is 0 Å². The molecule has 0 unspecified atom stereocenters. The van der Waals surface area contributed by atoms with Crippen LogP contribution >= 0.6 is 23.2 Å². The highest BCUT2D eigenvalue weighted by Gasteiger charge is 2.21. The van der Waals surface area contributed by atoms with Gasteiger partial charge < -0.3 is 5.32 Å². The van der Waals surface area contributed by atoms with Gasteiger partial charge in [-0.3, -0.25) is 9.52 Å². The number of carbonyl (C=O) groups is 1. The Morgan fingerprint density at radius 2 is 1.59 bits per heavy atom. The SMILES string of the molecule is O=C(NCCc1ccccc1)c1ccccc1NS(=O)(=O)c1cc(Cl)ccc1Cl. The van der Waals surface area contributed by atoms with Crippen LogP contribution in [0.5, 0.6) is 0 Å². The number of rotatable bonds is 7. The van der Waals surface area contributed by atoms with E-state index in [4.69, 9.17) is 23.2 Å². The lowest BCUT2D eigenvalue weighted by Crippen LogP contribution is -2.27. The average Bonchev–Trinajstić information content (AvgIpc) is 2.70. The smallest absolute Gasteiger partial charge is 0.263 e. The second-order valence-corrected chi connectivity index (χ2v) is 8.71. The minimum absolute atomic E-state index is 0.0340. The normalized spacial score (nSPS) is 11.1. The Bertz CT molecular complexity index is 1120. The molecule has 0 atom stereocenters. The molecule has 0 aliphatic rings. The molecule has 0 fully saturated rings. The zero-order valence-corrected chi connectivity index (χ0v) is 17.6. The molecule has 3 aromatic rings. The van der Waals surface area contributed by atoms with Gasteiger partial charge in [-0.25, -0.2) is 8.42 Å². The summed E-state index contributed by atoms with van der Waals surface area (Å²) < 4.78 is 28.0. The van der Waals surface area contributed by atoms with Gasteiger partial charge in [-0.2, -0.15) is 0 Å². The molecule has 2 N–H and O–H groups in total. The molecule has 0 heterocycles. The number of hydrogen-bond acceptors (Lipinski definition) is 3. The van der Waals surface area contributed by atoms with Crippen molar-refractivity contribution in [2.75, 3.05) is 11.3 Å². The van der Waals surface area contributed by atoms with Crippen molar-refractivity contribution in [1.82, 2.24) is 5.32 Å². The van der Waals surface area contributed by atoms with Crippen molar-refractivity contribution < 1.29 is 13.2 Å². The van der Waals surface area contributed by atoms with Crippen LogP contribution in [0.1, 0.15) is 15.9 Å². The molecule has 0 aliphatic carbocycles. The van der Waals surface area contributed by atoms with Gasteiger partial charge in [0.2, 0.25) is 0 Å². The second-order valence-electron chi connectivity index (χ2n) is 6.22. The van der Waals surface area contributed by atoms with Crippen LogP contribution in [0.4, 0.5) is 5.69 Å². The van der Waals surface area contributed by atoms with Crippen LogP contribution in [0.3, 0.4) is 0 Å². The maximum absolute atomic E-state index is 12.8. The fourth-order valence-corrected chi connectivity index (χ4v) is 4.56. The van der Waals surface area contributed by atoms with Crippen molar-refractivity contribution in [3.8, 4) is 0 Å². The summed E-state index contributed by atoms with van der Waals surface area (Å²) in [7, 11) is -4.03. The zero-order valence-electron chi connectivity index (χ0n) is 15.2. The first kappa shape index (κ1) is 21.2. The molecule has 0 radical (unpaired) electrons. The van der Waals surface area contributed by atoms with Crippen molar-refractivity contribution in [3.63, 3.8) is 0 Å². The van der Waals surface area contributed by atoms with Gasteiger partial charge in [-0.15, -0.1) is 0 Å². The highest BCUT2D eigenvalue weighted by molar-refractivity contribution is 7.92. The number of nitrogens with one attached hydrogen (secondary N) is 2. The van der Waals surface area contributed by atoms with Gasteiger partial charge in [0.1, 0.15) is 4.90 Å². The number of halogens is 2.